The number of amides is 1. The average Bonchev–Trinajstić information content (AvgIpc) is 3.22. The molecule has 0 aliphatic heterocycles. The highest BCUT2D eigenvalue weighted by atomic mass is 35.5. The van der Waals surface area contributed by atoms with E-state index in [2.05, 4.69) is 15.3 Å². The minimum atomic E-state index is -4.53. The Hall–Kier alpha value is -3.76. The maximum absolute atomic E-state index is 13.5. The predicted molar refractivity (Wildman–Crippen MR) is 135 cm³/mol. The van der Waals surface area contributed by atoms with Gasteiger partial charge >= 0.3 is 6.18 Å². The van der Waals surface area contributed by atoms with Crippen molar-refractivity contribution in [2.45, 2.75) is 11.3 Å². The third kappa shape index (κ3) is 4.69. The predicted octanol–water partition coefficient (Wildman–Crippen LogP) is 6.27. The van der Waals surface area contributed by atoms with E-state index < -0.39 is 17.6 Å². The highest BCUT2D eigenvalue weighted by Gasteiger charge is 2.30. The van der Waals surface area contributed by atoms with Gasteiger partial charge in [0.2, 0.25) is 5.91 Å². The summed E-state index contributed by atoms with van der Waals surface area (Å²) in [6, 6.07) is 18.3. The van der Waals surface area contributed by atoms with Crippen LogP contribution >= 0.6 is 23.4 Å². The first kappa shape index (κ1) is 24.0. The molecule has 5 rings (SSSR count). The van der Waals surface area contributed by atoms with Crippen molar-refractivity contribution >= 4 is 56.9 Å². The van der Waals surface area contributed by atoms with Crippen LogP contribution in [0.3, 0.4) is 0 Å². The largest absolute Gasteiger partial charge is 0.416 e. The van der Waals surface area contributed by atoms with Gasteiger partial charge in [-0.05, 0) is 48.5 Å². The highest BCUT2D eigenvalue weighted by molar-refractivity contribution is 7.99. The van der Waals surface area contributed by atoms with Crippen LogP contribution < -0.4 is 10.9 Å². The zero-order valence-electron chi connectivity index (χ0n) is 18.3. The molecule has 36 heavy (non-hydrogen) atoms. The van der Waals surface area contributed by atoms with Gasteiger partial charge in [-0.2, -0.15) is 13.2 Å². The van der Waals surface area contributed by atoms with Gasteiger partial charge in [0.1, 0.15) is 11.0 Å². The number of benzene rings is 3. The molecular weight excluding hydrogens is 513 g/mol. The van der Waals surface area contributed by atoms with Crippen molar-refractivity contribution in [3.05, 3.63) is 93.7 Å². The van der Waals surface area contributed by atoms with E-state index in [4.69, 9.17) is 11.6 Å². The number of halogens is 4. The van der Waals surface area contributed by atoms with E-state index in [-0.39, 0.29) is 22.2 Å². The lowest BCUT2D eigenvalue weighted by atomic mass is 10.2. The third-order valence-corrected chi connectivity index (χ3v) is 6.58. The summed E-state index contributed by atoms with van der Waals surface area (Å²) in [6.45, 7) is 0. The molecule has 0 atom stereocenters. The summed E-state index contributed by atoms with van der Waals surface area (Å²) in [5.41, 5.74) is 0.800. The normalized spacial score (nSPS) is 11.8. The minimum Gasteiger partial charge on any atom is -0.349 e. The first-order valence-corrected chi connectivity index (χ1v) is 12.0. The number of nitrogens with zero attached hydrogens (tertiary/aromatic N) is 2. The molecular formula is C25H16ClF3N4O2S. The van der Waals surface area contributed by atoms with Gasteiger partial charge in [0.05, 0.1) is 17.0 Å². The van der Waals surface area contributed by atoms with Crippen LogP contribution in [0.15, 0.2) is 82.7 Å². The van der Waals surface area contributed by atoms with E-state index >= 15 is 0 Å². The molecule has 5 aromatic rings. The molecule has 1 amide bonds. The SMILES string of the molecule is O=C(CSc1nc2c([nH]c3ccccc32)c(=O)n1-c1ccc(Cl)cc1)Nc1cccc(C(F)(F)F)c1. The number of H-pyrrole nitrogens is 1. The van der Waals surface area contributed by atoms with Gasteiger partial charge in [-0.25, -0.2) is 4.98 Å². The Kier molecular flexibility index (Phi) is 6.23. The summed E-state index contributed by atoms with van der Waals surface area (Å²) in [4.78, 5) is 33.9. The average molecular weight is 529 g/mol. The number of nitrogens with one attached hydrogen (secondary N) is 2. The van der Waals surface area contributed by atoms with Gasteiger partial charge in [-0.15, -0.1) is 0 Å². The molecule has 11 heteroatoms. The number of thioether (sulfide) groups is 1. The number of alkyl halides is 3. The van der Waals surface area contributed by atoms with Crippen molar-refractivity contribution in [1.82, 2.24) is 14.5 Å². The van der Waals surface area contributed by atoms with Crippen LogP contribution in [0, 0.1) is 0 Å². The van der Waals surface area contributed by atoms with Crippen molar-refractivity contribution in [2.24, 2.45) is 0 Å². The fourth-order valence-electron chi connectivity index (χ4n) is 3.76. The number of fused-ring (bicyclic) bond motifs is 3. The number of aromatic amines is 1. The number of aromatic nitrogens is 3. The van der Waals surface area contributed by atoms with Gasteiger partial charge in [0.25, 0.3) is 5.56 Å². The van der Waals surface area contributed by atoms with Crippen LogP contribution in [0.2, 0.25) is 5.02 Å². The fraction of sp³-hybridized carbons (Fsp3) is 0.0800. The van der Waals surface area contributed by atoms with Crippen LogP contribution in [-0.4, -0.2) is 26.2 Å². The Balaban J connectivity index is 1.50. The molecule has 182 valence electrons. The lowest BCUT2D eigenvalue weighted by molar-refractivity contribution is -0.137. The van der Waals surface area contributed by atoms with Crippen LogP contribution in [0.25, 0.3) is 27.6 Å². The lowest BCUT2D eigenvalue weighted by Gasteiger charge is -2.13. The topological polar surface area (TPSA) is 79.8 Å². The number of hydrogen-bond donors (Lipinski definition) is 2. The van der Waals surface area contributed by atoms with Gasteiger partial charge in [-0.3, -0.25) is 14.2 Å². The number of hydrogen-bond acceptors (Lipinski definition) is 4. The molecule has 0 saturated heterocycles. The van der Waals surface area contributed by atoms with Crippen molar-refractivity contribution < 1.29 is 18.0 Å². The van der Waals surface area contributed by atoms with Crippen LogP contribution in [-0.2, 0) is 11.0 Å². The van der Waals surface area contributed by atoms with E-state index in [0.29, 0.717) is 21.7 Å². The Morgan fingerprint density at radius 3 is 2.56 bits per heavy atom. The molecule has 0 fully saturated rings. The fourth-order valence-corrected chi connectivity index (χ4v) is 4.69. The molecule has 0 bridgehead atoms. The number of anilines is 1. The summed E-state index contributed by atoms with van der Waals surface area (Å²) in [7, 11) is 0. The van der Waals surface area contributed by atoms with E-state index in [1.807, 2.05) is 24.3 Å². The Morgan fingerprint density at radius 2 is 1.81 bits per heavy atom. The Morgan fingerprint density at radius 1 is 1.06 bits per heavy atom. The monoisotopic (exact) mass is 528 g/mol. The molecule has 0 aliphatic carbocycles. The molecule has 3 aromatic carbocycles. The molecule has 6 nitrogen and oxygen atoms in total. The van der Waals surface area contributed by atoms with Crippen molar-refractivity contribution in [2.75, 3.05) is 11.1 Å². The molecule has 0 unspecified atom stereocenters. The van der Waals surface area contributed by atoms with E-state index in [9.17, 15) is 22.8 Å². The van der Waals surface area contributed by atoms with Crippen molar-refractivity contribution in [3.8, 4) is 5.69 Å². The van der Waals surface area contributed by atoms with E-state index in [0.717, 1.165) is 34.8 Å². The van der Waals surface area contributed by atoms with Crippen molar-refractivity contribution in [1.29, 1.82) is 0 Å². The standard InChI is InChI=1S/C25H16ClF3N4O2S/c26-15-8-10-17(11-9-15)33-23(35)22-21(18-6-1-2-7-19(18)31-22)32-24(33)36-13-20(34)30-16-5-3-4-14(12-16)25(27,28)29/h1-12,31H,13H2,(H,30,34). The van der Waals surface area contributed by atoms with Gasteiger partial charge in [-0.1, -0.05) is 47.6 Å². The summed E-state index contributed by atoms with van der Waals surface area (Å²) >= 11 is 7.00. The smallest absolute Gasteiger partial charge is 0.349 e. The molecule has 2 N–H and O–H groups in total. The number of rotatable bonds is 5. The molecule has 0 spiro atoms. The number of carbonyl (C=O) groups excluding carboxylic acids is 1. The molecule has 2 heterocycles. The second-order valence-corrected chi connectivity index (χ2v) is 9.20. The maximum atomic E-state index is 13.5. The third-order valence-electron chi connectivity index (χ3n) is 5.39. The summed E-state index contributed by atoms with van der Waals surface area (Å²) in [5, 5.41) is 3.96. The van der Waals surface area contributed by atoms with Crippen LogP contribution in [0.4, 0.5) is 18.9 Å². The quantitative estimate of drug-likeness (QED) is 0.208. The second-order valence-electron chi connectivity index (χ2n) is 7.82. The van der Waals surface area contributed by atoms with Gasteiger partial charge < -0.3 is 10.3 Å². The van der Waals surface area contributed by atoms with Crippen LogP contribution in [0.5, 0.6) is 0 Å². The van der Waals surface area contributed by atoms with Gasteiger partial charge in [0.15, 0.2) is 5.16 Å². The first-order valence-electron chi connectivity index (χ1n) is 10.6. The first-order chi connectivity index (χ1) is 17.2. The van der Waals surface area contributed by atoms with Crippen molar-refractivity contribution in [3.63, 3.8) is 0 Å². The van der Waals surface area contributed by atoms with Crippen LogP contribution in [0.1, 0.15) is 5.56 Å². The number of carbonyl (C=O) groups is 1. The molecule has 0 aliphatic rings. The molecule has 0 radical (unpaired) electrons. The summed E-state index contributed by atoms with van der Waals surface area (Å²) < 4.78 is 40.3. The Bertz CT molecular complexity index is 1660. The summed E-state index contributed by atoms with van der Waals surface area (Å²) in [5.74, 6) is -0.736. The Labute approximate surface area is 211 Å². The zero-order chi connectivity index (χ0) is 25.4. The minimum absolute atomic E-state index is 0.0190. The highest BCUT2D eigenvalue weighted by Crippen LogP contribution is 2.31. The van der Waals surface area contributed by atoms with E-state index in [1.54, 1.807) is 24.3 Å². The molecule has 0 saturated carbocycles. The zero-order valence-corrected chi connectivity index (χ0v) is 19.8. The molecule has 2 aromatic heterocycles. The number of para-hydroxylation sites is 1. The maximum Gasteiger partial charge on any atom is 0.416 e. The van der Waals surface area contributed by atoms with E-state index in [1.165, 1.54) is 16.7 Å². The second kappa shape index (κ2) is 9.36. The van der Waals surface area contributed by atoms with Gasteiger partial charge in [0, 0.05) is 21.6 Å². The lowest BCUT2D eigenvalue weighted by Crippen LogP contribution is -2.23. The summed E-state index contributed by atoms with van der Waals surface area (Å²) in [6.07, 6.45) is -4.53.